The van der Waals surface area contributed by atoms with Crippen molar-refractivity contribution in [2.24, 2.45) is 0 Å². The third-order valence-corrected chi connectivity index (χ3v) is 6.13. The summed E-state index contributed by atoms with van der Waals surface area (Å²) >= 11 is 1.34. The molecule has 32 heavy (non-hydrogen) atoms. The Morgan fingerprint density at radius 1 is 1.22 bits per heavy atom. The Labute approximate surface area is 189 Å². The number of benzene rings is 1. The Kier molecular flexibility index (Phi) is 5.52. The molecule has 0 unspecified atom stereocenters. The third kappa shape index (κ3) is 4.45. The number of carbonyl (C=O) groups excluding carboxylic acids is 2. The minimum atomic E-state index is -0.179. The van der Waals surface area contributed by atoms with Crippen LogP contribution < -0.4 is 15.0 Å². The smallest absolute Gasteiger partial charge is 0.272 e. The Morgan fingerprint density at radius 3 is 2.94 bits per heavy atom. The second kappa shape index (κ2) is 8.62. The summed E-state index contributed by atoms with van der Waals surface area (Å²) in [5.41, 5.74) is 2.23. The lowest BCUT2D eigenvalue weighted by Crippen LogP contribution is -2.39. The highest BCUT2D eigenvalue weighted by Crippen LogP contribution is 2.33. The second-order valence-electron chi connectivity index (χ2n) is 7.76. The molecule has 2 amide bonds. The molecule has 1 N–H and O–H groups in total. The van der Waals surface area contributed by atoms with E-state index in [1.165, 1.54) is 22.8 Å². The van der Waals surface area contributed by atoms with E-state index in [0.717, 1.165) is 29.8 Å². The van der Waals surface area contributed by atoms with Crippen LogP contribution in [0.1, 0.15) is 28.9 Å². The van der Waals surface area contributed by atoms with Crippen LogP contribution in [0.25, 0.3) is 5.82 Å². The zero-order chi connectivity index (χ0) is 22.1. The number of fused-ring (bicyclic) bond motifs is 1. The van der Waals surface area contributed by atoms with Crippen LogP contribution in [0.3, 0.4) is 0 Å². The summed E-state index contributed by atoms with van der Waals surface area (Å²) < 4.78 is 7.21. The number of carbonyl (C=O) groups is 2. The van der Waals surface area contributed by atoms with Crippen molar-refractivity contribution in [2.45, 2.75) is 30.8 Å². The number of aryl methyl sites for hydroxylation is 1. The van der Waals surface area contributed by atoms with Crippen molar-refractivity contribution >= 4 is 29.3 Å². The van der Waals surface area contributed by atoms with Crippen LogP contribution in [0.2, 0.25) is 0 Å². The van der Waals surface area contributed by atoms with Gasteiger partial charge in [0.15, 0.2) is 11.5 Å². The molecule has 10 heteroatoms. The summed E-state index contributed by atoms with van der Waals surface area (Å²) in [6.45, 7) is 2.98. The SMILES string of the molecule is Cc1ccc2c(c1)N(C(=O)CSc1cc(-n3ccc(C(=O)NC4CC4)n3)ncn1)CCO2. The molecule has 3 heterocycles. The topological polar surface area (TPSA) is 102 Å². The molecule has 0 atom stereocenters. The number of hydrogen-bond acceptors (Lipinski definition) is 7. The molecule has 1 aliphatic carbocycles. The van der Waals surface area contributed by atoms with Crippen LogP contribution in [0.4, 0.5) is 5.69 Å². The number of ether oxygens (including phenoxy) is 1. The summed E-state index contributed by atoms with van der Waals surface area (Å²) in [5.74, 6) is 1.31. The monoisotopic (exact) mass is 450 g/mol. The number of rotatable bonds is 6. The Bertz CT molecular complexity index is 1180. The molecule has 0 bridgehead atoms. The van der Waals surface area contributed by atoms with Crippen LogP contribution in [0, 0.1) is 6.92 Å². The molecule has 2 aliphatic rings. The molecular weight excluding hydrogens is 428 g/mol. The van der Waals surface area contributed by atoms with Crippen molar-refractivity contribution in [2.75, 3.05) is 23.8 Å². The fourth-order valence-corrected chi connectivity index (χ4v) is 4.13. The molecule has 9 nitrogen and oxygen atoms in total. The lowest BCUT2D eigenvalue weighted by Gasteiger charge is -2.29. The van der Waals surface area contributed by atoms with Crippen molar-refractivity contribution in [1.29, 1.82) is 0 Å². The zero-order valence-electron chi connectivity index (χ0n) is 17.5. The third-order valence-electron chi connectivity index (χ3n) is 5.22. The lowest BCUT2D eigenvalue weighted by atomic mass is 10.1. The van der Waals surface area contributed by atoms with E-state index in [0.29, 0.717) is 29.7 Å². The highest BCUT2D eigenvalue weighted by molar-refractivity contribution is 7.99. The molecule has 164 valence electrons. The van der Waals surface area contributed by atoms with E-state index in [1.54, 1.807) is 23.2 Å². The Hall–Kier alpha value is -3.40. The Balaban J connectivity index is 1.25. The summed E-state index contributed by atoms with van der Waals surface area (Å²) in [6, 6.07) is 9.53. The van der Waals surface area contributed by atoms with Crippen molar-refractivity contribution in [3.63, 3.8) is 0 Å². The minimum absolute atomic E-state index is 0.0107. The van der Waals surface area contributed by atoms with Gasteiger partial charge < -0.3 is 15.0 Å². The quantitative estimate of drug-likeness (QED) is 0.454. The summed E-state index contributed by atoms with van der Waals surface area (Å²) in [5, 5.41) is 7.89. The molecule has 2 aromatic heterocycles. The van der Waals surface area contributed by atoms with E-state index >= 15 is 0 Å². The lowest BCUT2D eigenvalue weighted by molar-refractivity contribution is -0.116. The normalized spacial score (nSPS) is 15.1. The minimum Gasteiger partial charge on any atom is -0.490 e. The van der Waals surface area contributed by atoms with Gasteiger partial charge in [-0.3, -0.25) is 9.59 Å². The maximum atomic E-state index is 12.9. The first kappa shape index (κ1) is 20.5. The van der Waals surface area contributed by atoms with Gasteiger partial charge in [0.05, 0.1) is 18.0 Å². The molecule has 1 saturated carbocycles. The van der Waals surface area contributed by atoms with E-state index in [-0.39, 0.29) is 23.6 Å². The average Bonchev–Trinajstić information content (AvgIpc) is 3.48. The van der Waals surface area contributed by atoms with Gasteiger partial charge in [-0.1, -0.05) is 17.8 Å². The molecular formula is C22H22N6O3S. The van der Waals surface area contributed by atoms with Crippen molar-refractivity contribution in [3.05, 3.63) is 54.1 Å². The maximum absolute atomic E-state index is 12.9. The summed E-state index contributed by atoms with van der Waals surface area (Å²) in [4.78, 5) is 35.4. The molecule has 0 saturated heterocycles. The average molecular weight is 451 g/mol. The first-order valence-electron chi connectivity index (χ1n) is 10.4. The molecule has 3 aromatic rings. The predicted molar refractivity (Wildman–Crippen MR) is 119 cm³/mol. The van der Waals surface area contributed by atoms with Gasteiger partial charge in [-0.05, 0) is 43.5 Å². The van der Waals surface area contributed by atoms with Gasteiger partial charge >= 0.3 is 0 Å². The molecule has 0 spiro atoms. The van der Waals surface area contributed by atoms with Crippen LogP contribution in [-0.2, 0) is 4.79 Å². The van der Waals surface area contributed by atoms with Crippen LogP contribution in [0.5, 0.6) is 5.75 Å². The molecule has 0 radical (unpaired) electrons. The van der Waals surface area contributed by atoms with Gasteiger partial charge in [0.1, 0.15) is 23.7 Å². The van der Waals surface area contributed by atoms with Gasteiger partial charge in [0.25, 0.3) is 5.91 Å². The van der Waals surface area contributed by atoms with Crippen LogP contribution in [0.15, 0.2) is 47.9 Å². The highest BCUT2D eigenvalue weighted by Gasteiger charge is 2.25. The van der Waals surface area contributed by atoms with E-state index in [1.807, 2.05) is 25.1 Å². The number of amides is 2. The first-order valence-corrected chi connectivity index (χ1v) is 11.4. The molecule has 1 aliphatic heterocycles. The fourth-order valence-electron chi connectivity index (χ4n) is 3.39. The van der Waals surface area contributed by atoms with Gasteiger partial charge in [-0.2, -0.15) is 5.10 Å². The number of nitrogens with one attached hydrogen (secondary N) is 1. The van der Waals surface area contributed by atoms with E-state index < -0.39 is 0 Å². The van der Waals surface area contributed by atoms with E-state index in [4.69, 9.17) is 4.74 Å². The zero-order valence-corrected chi connectivity index (χ0v) is 18.3. The van der Waals surface area contributed by atoms with Gasteiger partial charge in [-0.15, -0.1) is 0 Å². The first-order chi connectivity index (χ1) is 15.6. The Morgan fingerprint density at radius 2 is 2.09 bits per heavy atom. The van der Waals surface area contributed by atoms with Gasteiger partial charge in [0.2, 0.25) is 5.91 Å². The highest BCUT2D eigenvalue weighted by atomic mass is 32.2. The van der Waals surface area contributed by atoms with E-state index in [9.17, 15) is 9.59 Å². The molecule has 1 aromatic carbocycles. The number of nitrogens with zero attached hydrogens (tertiary/aromatic N) is 5. The van der Waals surface area contributed by atoms with Crippen LogP contribution in [-0.4, -0.2) is 56.5 Å². The second-order valence-corrected chi connectivity index (χ2v) is 8.76. The fraction of sp³-hybridized carbons (Fsp3) is 0.318. The number of hydrogen-bond donors (Lipinski definition) is 1. The number of thioether (sulfide) groups is 1. The van der Waals surface area contributed by atoms with Crippen molar-refractivity contribution in [3.8, 4) is 11.6 Å². The van der Waals surface area contributed by atoms with Gasteiger partial charge in [-0.25, -0.2) is 14.6 Å². The number of aromatic nitrogens is 4. The number of anilines is 1. The predicted octanol–water partition coefficient (Wildman–Crippen LogP) is 2.38. The largest absolute Gasteiger partial charge is 0.490 e. The van der Waals surface area contributed by atoms with E-state index in [2.05, 4.69) is 20.4 Å². The molecule has 1 fully saturated rings. The molecule has 5 rings (SSSR count). The summed E-state index contributed by atoms with van der Waals surface area (Å²) in [7, 11) is 0. The maximum Gasteiger partial charge on any atom is 0.272 e. The van der Waals surface area contributed by atoms with Crippen molar-refractivity contribution in [1.82, 2.24) is 25.1 Å². The standard InChI is InChI=1S/C22H22N6O3S/c1-14-2-5-18-17(10-14)27(8-9-31-18)21(29)12-32-20-11-19(23-13-24-20)28-7-6-16(26-28)22(30)25-15-3-4-15/h2,5-7,10-11,13,15H,3-4,8-9,12H2,1H3,(H,25,30). The van der Waals surface area contributed by atoms with Crippen LogP contribution >= 0.6 is 11.8 Å². The van der Waals surface area contributed by atoms with Crippen molar-refractivity contribution < 1.29 is 14.3 Å². The van der Waals surface area contributed by atoms with Gasteiger partial charge in [0, 0.05) is 18.3 Å². The summed E-state index contributed by atoms with van der Waals surface area (Å²) in [6.07, 6.45) is 5.17.